The lowest BCUT2D eigenvalue weighted by molar-refractivity contribution is 0.0366. The van der Waals surface area contributed by atoms with E-state index >= 15 is 0 Å². The number of ether oxygens (including phenoxy) is 1. The molecule has 0 aliphatic carbocycles. The van der Waals surface area contributed by atoms with Gasteiger partial charge in [0, 0.05) is 18.0 Å². The molecule has 4 rings (SSSR count). The van der Waals surface area contributed by atoms with Crippen molar-refractivity contribution in [2.24, 2.45) is 5.92 Å². The molecule has 0 N–H and O–H groups in total. The molecule has 0 radical (unpaired) electrons. The average Bonchev–Trinajstić information content (AvgIpc) is 3.06. The number of piperidine rings is 2. The van der Waals surface area contributed by atoms with E-state index in [0.29, 0.717) is 5.92 Å². The molecule has 128 valence electrons. The second-order valence-electron chi connectivity index (χ2n) is 6.95. The van der Waals surface area contributed by atoms with Crippen molar-refractivity contribution in [3.63, 3.8) is 0 Å². The van der Waals surface area contributed by atoms with E-state index in [1.807, 2.05) is 31.2 Å². The van der Waals surface area contributed by atoms with E-state index in [9.17, 15) is 0 Å². The van der Waals surface area contributed by atoms with Crippen LogP contribution in [-0.2, 0) is 0 Å². The molecule has 0 amide bonds. The quantitative estimate of drug-likeness (QED) is 0.864. The van der Waals surface area contributed by atoms with Gasteiger partial charge in [-0.2, -0.15) is 4.68 Å². The molecule has 6 nitrogen and oxygen atoms in total. The van der Waals surface area contributed by atoms with Crippen LogP contribution in [0.1, 0.15) is 37.9 Å². The number of tetrazole rings is 1. The van der Waals surface area contributed by atoms with Crippen molar-refractivity contribution in [3.8, 4) is 11.4 Å². The molecule has 0 unspecified atom stereocenters. The van der Waals surface area contributed by atoms with Gasteiger partial charge in [0.15, 0.2) is 5.82 Å². The summed E-state index contributed by atoms with van der Waals surface area (Å²) in [5.41, 5.74) is 0.943. The van der Waals surface area contributed by atoms with Crippen molar-refractivity contribution in [2.75, 3.05) is 19.7 Å². The lowest BCUT2D eigenvalue weighted by Gasteiger charge is -2.44. The van der Waals surface area contributed by atoms with Crippen LogP contribution in [0.15, 0.2) is 24.3 Å². The molecule has 2 aromatic rings. The van der Waals surface area contributed by atoms with Crippen LogP contribution in [0.5, 0.6) is 5.75 Å². The Morgan fingerprint density at radius 2 is 2.08 bits per heavy atom. The minimum absolute atomic E-state index is 0.650. The molecule has 6 heteroatoms. The first-order valence-electron chi connectivity index (χ1n) is 9.03. The molecular weight excluding hydrogens is 302 g/mol. The normalized spacial score (nSPS) is 24.5. The Bertz CT molecular complexity index is 684. The number of rotatable bonds is 4. The second-order valence-corrected chi connectivity index (χ2v) is 6.95. The zero-order chi connectivity index (χ0) is 16.4. The minimum Gasteiger partial charge on any atom is -0.493 e. The molecule has 2 fully saturated rings. The van der Waals surface area contributed by atoms with Crippen molar-refractivity contribution in [1.29, 1.82) is 0 Å². The van der Waals surface area contributed by atoms with Gasteiger partial charge in [-0.05, 0) is 68.3 Å². The number of aromatic nitrogens is 4. The lowest BCUT2D eigenvalue weighted by Crippen LogP contribution is -2.49. The van der Waals surface area contributed by atoms with Crippen LogP contribution < -0.4 is 4.74 Å². The zero-order valence-corrected chi connectivity index (χ0v) is 14.3. The summed E-state index contributed by atoms with van der Waals surface area (Å²) in [6.45, 7) is 5.25. The van der Waals surface area contributed by atoms with Crippen LogP contribution in [0.25, 0.3) is 5.69 Å². The summed E-state index contributed by atoms with van der Waals surface area (Å²) < 4.78 is 7.90. The van der Waals surface area contributed by atoms with Gasteiger partial charge in [0.2, 0.25) is 0 Å². The summed E-state index contributed by atoms with van der Waals surface area (Å²) in [5, 5.41) is 11.7. The average molecular weight is 327 g/mol. The van der Waals surface area contributed by atoms with E-state index in [4.69, 9.17) is 4.74 Å². The van der Waals surface area contributed by atoms with Crippen molar-refractivity contribution < 1.29 is 4.74 Å². The molecule has 24 heavy (non-hydrogen) atoms. The van der Waals surface area contributed by atoms with Gasteiger partial charge in [0.1, 0.15) is 5.75 Å². The van der Waals surface area contributed by atoms with Gasteiger partial charge >= 0.3 is 0 Å². The fourth-order valence-corrected chi connectivity index (χ4v) is 4.15. The molecule has 1 aromatic carbocycles. The summed E-state index contributed by atoms with van der Waals surface area (Å²) in [5.74, 6) is 2.32. The SMILES string of the molecule is Cc1nnnn1-c1cccc(OC[C@@H]2CCCN3CCCC[C@H]23)c1. The van der Waals surface area contributed by atoms with Crippen LogP contribution in [0, 0.1) is 12.8 Å². The Balaban J connectivity index is 1.43. The summed E-state index contributed by atoms with van der Waals surface area (Å²) >= 11 is 0. The Morgan fingerprint density at radius 3 is 2.96 bits per heavy atom. The first-order valence-corrected chi connectivity index (χ1v) is 9.03. The Labute approximate surface area is 142 Å². The second kappa shape index (κ2) is 6.89. The molecule has 2 aliphatic rings. The first kappa shape index (κ1) is 15.6. The highest BCUT2D eigenvalue weighted by Crippen LogP contribution is 2.31. The van der Waals surface area contributed by atoms with Gasteiger partial charge in [-0.1, -0.05) is 12.5 Å². The van der Waals surface area contributed by atoms with Crippen LogP contribution in [-0.4, -0.2) is 50.8 Å². The van der Waals surface area contributed by atoms with Gasteiger partial charge in [-0.25, -0.2) is 0 Å². The third kappa shape index (κ3) is 3.15. The van der Waals surface area contributed by atoms with E-state index in [0.717, 1.165) is 29.9 Å². The molecule has 2 aliphatic heterocycles. The fraction of sp³-hybridized carbons (Fsp3) is 0.611. The number of nitrogens with zero attached hydrogens (tertiary/aromatic N) is 5. The number of hydrogen-bond donors (Lipinski definition) is 0. The van der Waals surface area contributed by atoms with Gasteiger partial charge < -0.3 is 4.74 Å². The van der Waals surface area contributed by atoms with Crippen LogP contribution in [0.4, 0.5) is 0 Å². The summed E-state index contributed by atoms with van der Waals surface area (Å²) in [6.07, 6.45) is 6.64. The van der Waals surface area contributed by atoms with E-state index in [1.54, 1.807) is 4.68 Å². The third-order valence-corrected chi connectivity index (χ3v) is 5.38. The van der Waals surface area contributed by atoms with Gasteiger partial charge in [0.05, 0.1) is 12.3 Å². The van der Waals surface area contributed by atoms with Crippen molar-refractivity contribution >= 4 is 0 Å². The number of benzene rings is 1. The van der Waals surface area contributed by atoms with Crippen molar-refractivity contribution in [3.05, 3.63) is 30.1 Å². The summed E-state index contributed by atoms with van der Waals surface area (Å²) in [4.78, 5) is 2.68. The zero-order valence-electron chi connectivity index (χ0n) is 14.3. The van der Waals surface area contributed by atoms with Crippen molar-refractivity contribution in [1.82, 2.24) is 25.1 Å². The lowest BCUT2D eigenvalue weighted by atomic mass is 9.84. The molecule has 3 heterocycles. The molecule has 0 bridgehead atoms. The Kier molecular flexibility index (Phi) is 4.47. The number of fused-ring (bicyclic) bond motifs is 1. The highest BCUT2D eigenvalue weighted by molar-refractivity contribution is 5.38. The predicted octanol–water partition coefficient (Wildman–Crippen LogP) is 2.61. The third-order valence-electron chi connectivity index (χ3n) is 5.38. The topological polar surface area (TPSA) is 56.1 Å². The van der Waals surface area contributed by atoms with E-state index in [2.05, 4.69) is 20.4 Å². The maximum atomic E-state index is 6.16. The predicted molar refractivity (Wildman–Crippen MR) is 91.3 cm³/mol. The van der Waals surface area contributed by atoms with E-state index < -0.39 is 0 Å². The maximum absolute atomic E-state index is 6.16. The Hall–Kier alpha value is -1.95. The highest BCUT2D eigenvalue weighted by Gasteiger charge is 2.33. The van der Waals surface area contributed by atoms with E-state index in [1.165, 1.54) is 45.2 Å². The molecule has 1 aromatic heterocycles. The summed E-state index contributed by atoms with van der Waals surface area (Å²) in [7, 11) is 0. The molecular formula is C18H25N5O. The monoisotopic (exact) mass is 327 g/mol. The highest BCUT2D eigenvalue weighted by atomic mass is 16.5. The fourth-order valence-electron chi connectivity index (χ4n) is 4.15. The summed E-state index contributed by atoms with van der Waals surface area (Å²) in [6, 6.07) is 8.76. The van der Waals surface area contributed by atoms with Crippen LogP contribution in [0.3, 0.4) is 0 Å². The van der Waals surface area contributed by atoms with Gasteiger partial charge in [-0.15, -0.1) is 5.10 Å². The van der Waals surface area contributed by atoms with Crippen LogP contribution >= 0.6 is 0 Å². The number of hydrogen-bond acceptors (Lipinski definition) is 5. The number of aryl methyl sites for hydroxylation is 1. The largest absolute Gasteiger partial charge is 0.493 e. The molecule has 2 saturated heterocycles. The maximum Gasteiger partial charge on any atom is 0.153 e. The minimum atomic E-state index is 0.650. The van der Waals surface area contributed by atoms with Gasteiger partial charge in [-0.3, -0.25) is 4.90 Å². The van der Waals surface area contributed by atoms with E-state index in [-0.39, 0.29) is 0 Å². The molecule has 2 atom stereocenters. The first-order chi connectivity index (χ1) is 11.8. The molecule has 0 saturated carbocycles. The van der Waals surface area contributed by atoms with Gasteiger partial charge in [0.25, 0.3) is 0 Å². The standard InChI is InChI=1S/C18H25N5O/c1-14-19-20-21-23(14)16-7-4-8-17(12-16)24-13-15-6-5-11-22-10-3-2-9-18(15)22/h4,7-8,12,15,18H,2-3,5-6,9-11,13H2,1H3/t15-,18+/m0/s1. The Morgan fingerprint density at radius 1 is 1.17 bits per heavy atom. The molecule has 0 spiro atoms. The van der Waals surface area contributed by atoms with Crippen LogP contribution in [0.2, 0.25) is 0 Å². The smallest absolute Gasteiger partial charge is 0.153 e. The van der Waals surface area contributed by atoms with Crippen molar-refractivity contribution in [2.45, 2.75) is 45.1 Å².